The minimum atomic E-state index is -0.0627. The molecule has 0 aliphatic carbocycles. The van der Waals surface area contributed by atoms with Gasteiger partial charge in [0.05, 0.1) is 0 Å². The maximum Gasteiger partial charge on any atom is 0.139 e. The van der Waals surface area contributed by atoms with Crippen molar-refractivity contribution in [3.63, 3.8) is 0 Å². The molecule has 48 heavy (non-hydrogen) atoms. The third-order valence-corrected chi connectivity index (χ3v) is 10.0. The van der Waals surface area contributed by atoms with Crippen molar-refractivity contribution in [1.29, 1.82) is 0 Å². The second kappa shape index (κ2) is 10.7. The third kappa shape index (κ3) is 4.06. The van der Waals surface area contributed by atoms with Crippen LogP contribution in [0.1, 0.15) is 17.2 Å². The molecule has 0 amide bonds. The first-order valence-electron chi connectivity index (χ1n) is 16.6. The van der Waals surface area contributed by atoms with Gasteiger partial charge in [-0.25, -0.2) is 0 Å². The molecule has 1 aliphatic rings. The largest absolute Gasteiger partial charge is 0.485 e. The highest BCUT2D eigenvalue weighted by Crippen LogP contribution is 2.53. The number of furan rings is 1. The van der Waals surface area contributed by atoms with Crippen molar-refractivity contribution in [3.05, 3.63) is 175 Å². The Hall–Kier alpha value is -6.12. The highest BCUT2D eigenvalue weighted by atomic mass is 16.5. The van der Waals surface area contributed by atoms with E-state index in [2.05, 4.69) is 158 Å². The number of para-hydroxylation sites is 1. The average molecular weight is 615 g/mol. The molecule has 0 saturated carbocycles. The summed E-state index contributed by atoms with van der Waals surface area (Å²) in [6, 6.07) is 58.5. The van der Waals surface area contributed by atoms with Crippen LogP contribution in [0, 0.1) is 0 Å². The van der Waals surface area contributed by atoms with E-state index >= 15 is 0 Å². The van der Waals surface area contributed by atoms with E-state index in [1.165, 1.54) is 66.1 Å². The molecule has 10 rings (SSSR count). The van der Waals surface area contributed by atoms with Gasteiger partial charge in [0.25, 0.3) is 0 Å². The predicted molar refractivity (Wildman–Crippen MR) is 199 cm³/mol. The smallest absolute Gasteiger partial charge is 0.139 e. The zero-order chi connectivity index (χ0) is 31.6. The lowest BCUT2D eigenvalue weighted by Gasteiger charge is -2.21. The Balaban J connectivity index is 1.34. The number of benzene rings is 8. The lowest BCUT2D eigenvalue weighted by molar-refractivity contribution is 0.239. The first kappa shape index (κ1) is 27.0. The van der Waals surface area contributed by atoms with Gasteiger partial charge in [0.2, 0.25) is 0 Å². The molecule has 226 valence electrons. The van der Waals surface area contributed by atoms with E-state index in [9.17, 15) is 0 Å². The molecule has 1 unspecified atom stereocenters. The maximum atomic E-state index is 6.78. The van der Waals surface area contributed by atoms with Crippen LogP contribution in [0.25, 0.3) is 76.9 Å². The summed E-state index contributed by atoms with van der Waals surface area (Å²) in [5, 5.41) is 7.17. The van der Waals surface area contributed by atoms with Gasteiger partial charge in [-0.1, -0.05) is 152 Å². The molecule has 0 fully saturated rings. The van der Waals surface area contributed by atoms with E-state index in [4.69, 9.17) is 9.15 Å². The van der Waals surface area contributed by atoms with Gasteiger partial charge < -0.3 is 9.15 Å². The van der Waals surface area contributed by atoms with Gasteiger partial charge in [-0.15, -0.1) is 0 Å². The molecule has 0 radical (unpaired) electrons. The molecule has 2 nitrogen and oxygen atoms in total. The highest BCUT2D eigenvalue weighted by molar-refractivity contribution is 6.27. The fraction of sp³-hybridized carbons (Fsp3) is 0.0435. The van der Waals surface area contributed by atoms with Crippen molar-refractivity contribution >= 4 is 43.5 Å². The number of hydrogen-bond donors (Lipinski definition) is 0. The zero-order valence-electron chi connectivity index (χ0n) is 26.2. The third-order valence-electron chi connectivity index (χ3n) is 10.0. The Kier molecular flexibility index (Phi) is 6.04. The van der Waals surface area contributed by atoms with Crippen LogP contribution in [0.5, 0.6) is 5.75 Å². The van der Waals surface area contributed by atoms with Crippen molar-refractivity contribution in [3.8, 4) is 39.1 Å². The van der Waals surface area contributed by atoms with E-state index in [0.29, 0.717) is 0 Å². The van der Waals surface area contributed by atoms with Crippen LogP contribution < -0.4 is 4.74 Å². The molecule has 9 aromatic rings. The first-order chi connectivity index (χ1) is 23.8. The Labute approximate surface area is 278 Å². The predicted octanol–water partition coefficient (Wildman–Crippen LogP) is 12.6. The molecule has 0 bridgehead atoms. The van der Waals surface area contributed by atoms with Gasteiger partial charge in [0.15, 0.2) is 0 Å². The Morgan fingerprint density at radius 2 is 0.979 bits per heavy atom. The van der Waals surface area contributed by atoms with Gasteiger partial charge in [0, 0.05) is 34.4 Å². The molecule has 0 N–H and O–H groups in total. The van der Waals surface area contributed by atoms with Gasteiger partial charge >= 0.3 is 0 Å². The molecular formula is C46H30O2. The summed E-state index contributed by atoms with van der Waals surface area (Å²) in [6.07, 6.45) is 0.720. The Morgan fingerprint density at radius 1 is 0.438 bits per heavy atom. The molecule has 1 aromatic heterocycles. The minimum Gasteiger partial charge on any atom is -0.485 e. The number of rotatable bonds is 4. The van der Waals surface area contributed by atoms with Gasteiger partial charge in [-0.05, 0) is 61.0 Å². The summed E-state index contributed by atoms with van der Waals surface area (Å²) >= 11 is 0. The Bertz CT molecular complexity index is 2610. The number of fused-ring (bicyclic) bond motifs is 6. The van der Waals surface area contributed by atoms with Crippen molar-refractivity contribution in [1.82, 2.24) is 0 Å². The van der Waals surface area contributed by atoms with Crippen molar-refractivity contribution in [2.75, 3.05) is 0 Å². The summed E-state index contributed by atoms with van der Waals surface area (Å²) in [5.74, 6) is 0.900. The molecular weight excluding hydrogens is 585 g/mol. The normalized spacial score (nSPS) is 14.1. The summed E-state index contributed by atoms with van der Waals surface area (Å²) in [5.41, 5.74) is 11.5. The summed E-state index contributed by atoms with van der Waals surface area (Å²) in [7, 11) is 0. The standard InChI is InChI=1S/C46H30O2/c1-3-15-29(16-4-1)31-19-7-8-20-32(31)43-33-21-9-11-23-35(33)44(36-24-12-10-22-34(36)43)46-38-27-40(30-17-5-2-6-18-30)48-41(38)28-42-45(46)37-25-13-14-26-39(37)47-42/h1-26,28,40H,27H2. The van der Waals surface area contributed by atoms with Crippen LogP contribution in [0.3, 0.4) is 0 Å². The molecule has 2 heteroatoms. The molecule has 8 aromatic carbocycles. The maximum absolute atomic E-state index is 6.78. The topological polar surface area (TPSA) is 22.4 Å². The fourth-order valence-corrected chi connectivity index (χ4v) is 7.98. The molecule has 1 atom stereocenters. The van der Waals surface area contributed by atoms with Crippen molar-refractivity contribution < 1.29 is 9.15 Å². The van der Waals surface area contributed by atoms with E-state index in [0.717, 1.165) is 34.1 Å². The second-order valence-electron chi connectivity index (χ2n) is 12.7. The lowest BCUT2D eigenvalue weighted by Crippen LogP contribution is -2.02. The highest BCUT2D eigenvalue weighted by Gasteiger charge is 2.32. The van der Waals surface area contributed by atoms with E-state index in [1.807, 2.05) is 6.07 Å². The molecule has 0 spiro atoms. The van der Waals surface area contributed by atoms with Gasteiger partial charge in [-0.2, -0.15) is 0 Å². The van der Waals surface area contributed by atoms with Crippen LogP contribution in [-0.2, 0) is 6.42 Å². The van der Waals surface area contributed by atoms with Gasteiger partial charge in [-0.3, -0.25) is 0 Å². The zero-order valence-corrected chi connectivity index (χ0v) is 26.2. The summed E-state index contributed by atoms with van der Waals surface area (Å²) in [6.45, 7) is 0. The molecule has 1 aliphatic heterocycles. The first-order valence-corrected chi connectivity index (χ1v) is 16.6. The minimum absolute atomic E-state index is 0.0627. The number of ether oxygens (including phenoxy) is 1. The molecule has 2 heterocycles. The lowest BCUT2D eigenvalue weighted by atomic mass is 9.81. The van der Waals surface area contributed by atoms with Crippen LogP contribution >= 0.6 is 0 Å². The van der Waals surface area contributed by atoms with E-state index in [1.54, 1.807) is 0 Å². The summed E-state index contributed by atoms with van der Waals surface area (Å²) < 4.78 is 13.4. The van der Waals surface area contributed by atoms with Crippen LogP contribution in [0.4, 0.5) is 0 Å². The van der Waals surface area contributed by atoms with Crippen LogP contribution in [0.15, 0.2) is 168 Å². The quantitative estimate of drug-likeness (QED) is 0.184. The van der Waals surface area contributed by atoms with Crippen LogP contribution in [-0.4, -0.2) is 0 Å². The van der Waals surface area contributed by atoms with Crippen LogP contribution in [0.2, 0.25) is 0 Å². The SMILES string of the molecule is c1ccc(-c2ccccc2-c2c3ccccc3c(-c3c4c(cc5oc6ccccc6c35)OC(c3ccccc3)C4)c3ccccc23)cc1. The Morgan fingerprint density at radius 3 is 1.67 bits per heavy atom. The second-order valence-corrected chi connectivity index (χ2v) is 12.7. The molecule has 0 saturated heterocycles. The van der Waals surface area contributed by atoms with Gasteiger partial charge in [0.1, 0.15) is 23.0 Å². The monoisotopic (exact) mass is 614 g/mol. The van der Waals surface area contributed by atoms with Crippen molar-refractivity contribution in [2.24, 2.45) is 0 Å². The summed E-state index contributed by atoms with van der Waals surface area (Å²) in [4.78, 5) is 0. The van der Waals surface area contributed by atoms with Crippen molar-refractivity contribution in [2.45, 2.75) is 12.5 Å². The average Bonchev–Trinajstić information content (AvgIpc) is 3.75. The van der Waals surface area contributed by atoms with E-state index < -0.39 is 0 Å². The van der Waals surface area contributed by atoms with E-state index in [-0.39, 0.29) is 6.10 Å². The number of hydrogen-bond acceptors (Lipinski definition) is 2. The fourth-order valence-electron chi connectivity index (χ4n) is 7.98.